The third-order valence-electron chi connectivity index (χ3n) is 5.30. The minimum atomic E-state index is -0.660. The molecule has 0 atom stereocenters. The summed E-state index contributed by atoms with van der Waals surface area (Å²) >= 11 is 0. The largest absolute Gasteiger partial charge is 0.505 e. The summed E-state index contributed by atoms with van der Waals surface area (Å²) < 4.78 is 5.26. The fraction of sp³-hybridized carbons (Fsp3) is 0.0400. The molecule has 180 valence electrons. The number of hydrogen-bond acceptors (Lipinski definition) is 8. The van der Waals surface area contributed by atoms with E-state index in [1.54, 1.807) is 24.3 Å². The van der Waals surface area contributed by atoms with Crippen LogP contribution in [0.3, 0.4) is 0 Å². The second kappa shape index (κ2) is 9.89. The predicted molar refractivity (Wildman–Crippen MR) is 132 cm³/mol. The van der Waals surface area contributed by atoms with Gasteiger partial charge in [0.1, 0.15) is 17.1 Å². The van der Waals surface area contributed by atoms with Crippen molar-refractivity contribution in [3.8, 4) is 11.5 Å². The molecule has 36 heavy (non-hydrogen) atoms. The Kier molecular flexibility index (Phi) is 6.55. The van der Waals surface area contributed by atoms with Crippen LogP contribution in [0.15, 0.2) is 83.0 Å². The molecule has 0 aliphatic heterocycles. The number of nitro benzene ring substituents is 1. The van der Waals surface area contributed by atoms with Gasteiger partial charge in [-0.05, 0) is 41.8 Å². The molecular weight excluding hydrogens is 466 g/mol. The summed E-state index contributed by atoms with van der Waals surface area (Å²) in [6.07, 6.45) is 0. The number of nitro groups is 1. The number of non-ortho nitro benzene ring substituents is 1. The Morgan fingerprint density at radius 2 is 1.75 bits per heavy atom. The van der Waals surface area contributed by atoms with E-state index in [2.05, 4.69) is 15.5 Å². The number of carbonyl (C=O) groups excluding carboxylic acids is 2. The number of aromatic hydroxyl groups is 1. The van der Waals surface area contributed by atoms with E-state index in [9.17, 15) is 24.8 Å². The number of primary amides is 1. The van der Waals surface area contributed by atoms with Gasteiger partial charge in [-0.3, -0.25) is 19.7 Å². The van der Waals surface area contributed by atoms with Crippen LogP contribution in [0.1, 0.15) is 20.7 Å². The quantitative estimate of drug-likeness (QED) is 0.184. The van der Waals surface area contributed by atoms with Gasteiger partial charge in [0.2, 0.25) is 5.91 Å². The molecule has 0 radical (unpaired) electrons. The third-order valence-corrected chi connectivity index (χ3v) is 5.30. The molecule has 4 rings (SSSR count). The molecule has 4 aromatic carbocycles. The van der Waals surface area contributed by atoms with Crippen LogP contribution in [0.25, 0.3) is 10.8 Å². The molecule has 0 spiro atoms. The van der Waals surface area contributed by atoms with Crippen LogP contribution in [-0.2, 0) is 0 Å². The SMILES string of the molecule is COc1ccc(C(N)=O)cc1N=Nc1c(O)c(C(=O)Nc2ccc([N+](=O)[O-])cc2)cc2ccccc12. The van der Waals surface area contributed by atoms with Crippen LogP contribution in [0, 0.1) is 10.1 Å². The molecule has 2 amide bonds. The number of azo groups is 1. The third kappa shape index (κ3) is 4.80. The number of benzene rings is 4. The molecule has 0 saturated heterocycles. The zero-order valence-electron chi connectivity index (χ0n) is 18.8. The molecule has 4 aromatic rings. The first-order valence-corrected chi connectivity index (χ1v) is 10.5. The van der Waals surface area contributed by atoms with E-state index in [1.165, 1.54) is 55.6 Å². The Hall–Kier alpha value is -5.32. The smallest absolute Gasteiger partial charge is 0.269 e. The Bertz CT molecular complexity index is 1530. The first-order valence-electron chi connectivity index (χ1n) is 10.5. The van der Waals surface area contributed by atoms with Crippen LogP contribution in [0.2, 0.25) is 0 Å². The number of nitrogens with two attached hydrogens (primary N) is 1. The van der Waals surface area contributed by atoms with Crippen molar-refractivity contribution in [1.82, 2.24) is 0 Å². The fourth-order valence-corrected chi connectivity index (χ4v) is 3.48. The van der Waals surface area contributed by atoms with Gasteiger partial charge < -0.3 is 20.9 Å². The van der Waals surface area contributed by atoms with Crippen LogP contribution in [0.5, 0.6) is 11.5 Å². The lowest BCUT2D eigenvalue weighted by atomic mass is 10.0. The van der Waals surface area contributed by atoms with Crippen molar-refractivity contribution < 1.29 is 24.4 Å². The molecule has 0 heterocycles. The highest BCUT2D eigenvalue weighted by Gasteiger charge is 2.19. The minimum Gasteiger partial charge on any atom is -0.505 e. The van der Waals surface area contributed by atoms with Gasteiger partial charge in [0.05, 0.1) is 17.6 Å². The van der Waals surface area contributed by atoms with Crippen LogP contribution >= 0.6 is 0 Å². The van der Waals surface area contributed by atoms with Gasteiger partial charge in [0, 0.05) is 28.8 Å². The number of anilines is 1. The van der Waals surface area contributed by atoms with Crippen molar-refractivity contribution in [2.24, 2.45) is 16.0 Å². The van der Waals surface area contributed by atoms with Crippen molar-refractivity contribution in [3.05, 3.63) is 94.0 Å². The van der Waals surface area contributed by atoms with Gasteiger partial charge in [0.15, 0.2) is 5.75 Å². The van der Waals surface area contributed by atoms with Crippen molar-refractivity contribution in [1.29, 1.82) is 0 Å². The molecule has 0 aliphatic rings. The maximum atomic E-state index is 13.0. The number of ether oxygens (including phenoxy) is 1. The summed E-state index contributed by atoms with van der Waals surface area (Å²) in [4.78, 5) is 34.9. The average molecular weight is 485 g/mol. The van der Waals surface area contributed by atoms with Gasteiger partial charge in [-0.25, -0.2) is 0 Å². The minimum absolute atomic E-state index is 0.0217. The highest BCUT2D eigenvalue weighted by Crippen LogP contribution is 2.40. The molecule has 0 aliphatic carbocycles. The van der Waals surface area contributed by atoms with Crippen molar-refractivity contribution in [2.45, 2.75) is 0 Å². The number of methoxy groups -OCH3 is 1. The van der Waals surface area contributed by atoms with E-state index in [0.29, 0.717) is 22.2 Å². The highest BCUT2D eigenvalue weighted by atomic mass is 16.6. The molecule has 0 unspecified atom stereocenters. The van der Waals surface area contributed by atoms with E-state index in [-0.39, 0.29) is 28.2 Å². The Morgan fingerprint density at radius 1 is 1.03 bits per heavy atom. The number of phenols is 1. The van der Waals surface area contributed by atoms with E-state index in [1.807, 2.05) is 0 Å². The summed E-state index contributed by atoms with van der Waals surface area (Å²) in [7, 11) is 1.42. The van der Waals surface area contributed by atoms with Crippen LogP contribution < -0.4 is 15.8 Å². The number of carbonyl (C=O) groups is 2. The highest BCUT2D eigenvalue weighted by molar-refractivity contribution is 6.11. The number of amides is 2. The lowest BCUT2D eigenvalue weighted by molar-refractivity contribution is -0.384. The van der Waals surface area contributed by atoms with Crippen molar-refractivity contribution in [2.75, 3.05) is 12.4 Å². The normalized spacial score (nSPS) is 10.9. The van der Waals surface area contributed by atoms with E-state index in [4.69, 9.17) is 10.5 Å². The molecule has 0 saturated carbocycles. The summed E-state index contributed by atoms with van der Waals surface area (Å²) in [6, 6.07) is 18.1. The lowest BCUT2D eigenvalue weighted by Crippen LogP contribution is -2.12. The van der Waals surface area contributed by atoms with Gasteiger partial charge in [-0.2, -0.15) is 0 Å². The fourth-order valence-electron chi connectivity index (χ4n) is 3.48. The Balaban J connectivity index is 1.76. The zero-order chi connectivity index (χ0) is 25.8. The second-order valence-electron chi connectivity index (χ2n) is 7.55. The number of phenolic OH excluding ortho intramolecular Hbond substituents is 1. The molecule has 0 bridgehead atoms. The lowest BCUT2D eigenvalue weighted by Gasteiger charge is -2.11. The molecular formula is C25H19N5O6. The number of nitrogens with one attached hydrogen (secondary N) is 1. The van der Waals surface area contributed by atoms with Crippen molar-refractivity contribution in [3.63, 3.8) is 0 Å². The number of fused-ring (bicyclic) bond motifs is 1. The summed E-state index contributed by atoms with van der Waals surface area (Å²) in [5.74, 6) is -1.43. The van der Waals surface area contributed by atoms with E-state index in [0.717, 1.165) is 0 Å². The van der Waals surface area contributed by atoms with Crippen molar-refractivity contribution >= 4 is 45.3 Å². The van der Waals surface area contributed by atoms with E-state index < -0.39 is 22.5 Å². The number of hydrogen-bond donors (Lipinski definition) is 3. The molecule has 11 heteroatoms. The zero-order valence-corrected chi connectivity index (χ0v) is 18.8. The van der Waals surface area contributed by atoms with Gasteiger partial charge in [0.25, 0.3) is 11.6 Å². The summed E-state index contributed by atoms with van der Waals surface area (Å²) in [5.41, 5.74) is 5.84. The Morgan fingerprint density at radius 3 is 2.42 bits per heavy atom. The van der Waals surface area contributed by atoms with Gasteiger partial charge in [-0.15, -0.1) is 10.2 Å². The molecule has 0 aromatic heterocycles. The standard InChI is InChI=1S/C25H19N5O6/c1-36-21-11-6-15(24(26)32)13-20(21)28-29-22-18-5-3-2-4-14(18)12-19(23(22)31)25(33)27-16-7-9-17(10-8-16)30(34)35/h2-13,31H,1H3,(H2,26,32)(H,27,33). The summed E-state index contributed by atoms with van der Waals surface area (Å²) in [5, 5.41) is 33.9. The molecule has 11 nitrogen and oxygen atoms in total. The monoisotopic (exact) mass is 485 g/mol. The second-order valence-corrected chi connectivity index (χ2v) is 7.55. The molecule has 4 N–H and O–H groups in total. The number of rotatable bonds is 7. The van der Waals surface area contributed by atoms with Crippen LogP contribution in [0.4, 0.5) is 22.7 Å². The maximum absolute atomic E-state index is 13.0. The Labute approximate surface area is 204 Å². The van der Waals surface area contributed by atoms with Gasteiger partial charge in [-0.1, -0.05) is 24.3 Å². The van der Waals surface area contributed by atoms with E-state index >= 15 is 0 Å². The molecule has 0 fully saturated rings. The first-order chi connectivity index (χ1) is 17.3. The van der Waals surface area contributed by atoms with Gasteiger partial charge >= 0.3 is 0 Å². The topological polar surface area (TPSA) is 170 Å². The average Bonchev–Trinajstić information content (AvgIpc) is 2.87. The predicted octanol–water partition coefficient (Wildman–Crippen LogP) is 5.23. The van der Waals surface area contributed by atoms with Crippen LogP contribution in [-0.4, -0.2) is 29.0 Å². The summed E-state index contributed by atoms with van der Waals surface area (Å²) in [6.45, 7) is 0. The first kappa shape index (κ1) is 23.8. The number of nitrogens with zero attached hydrogens (tertiary/aromatic N) is 3. The maximum Gasteiger partial charge on any atom is 0.269 e.